The van der Waals surface area contributed by atoms with Gasteiger partial charge in [0.25, 0.3) is 5.79 Å². The summed E-state index contributed by atoms with van der Waals surface area (Å²) in [6, 6.07) is -2.13. The van der Waals surface area contributed by atoms with Gasteiger partial charge in [-0.2, -0.15) is 0 Å². The van der Waals surface area contributed by atoms with Gasteiger partial charge < -0.3 is 36.2 Å². The Morgan fingerprint density at radius 2 is 2.05 bits per heavy atom. The third-order valence-electron chi connectivity index (χ3n) is 3.22. The molecule has 1 amide bonds. The second-order valence-corrected chi connectivity index (χ2v) is 4.99. The Kier molecular flexibility index (Phi) is 5.05. The quantitative estimate of drug-likeness (QED) is 0.322. The number of carbonyl (C=O) groups is 2. The molecule has 1 heterocycles. The monoisotopic (exact) mass is 292 g/mol. The largest absolute Gasteiger partial charge is 0.477 e. The van der Waals surface area contributed by atoms with Gasteiger partial charge in [0.15, 0.2) is 0 Å². The normalized spacial score (nSPS) is 37.0. The minimum absolute atomic E-state index is 0.495. The van der Waals surface area contributed by atoms with E-state index in [1.165, 1.54) is 13.8 Å². The molecule has 0 aromatic rings. The van der Waals surface area contributed by atoms with Gasteiger partial charge in [0.05, 0.1) is 24.3 Å². The van der Waals surface area contributed by atoms with Gasteiger partial charge in [-0.05, 0) is 6.92 Å². The van der Waals surface area contributed by atoms with Crippen LogP contribution in [-0.4, -0.2) is 68.5 Å². The van der Waals surface area contributed by atoms with Gasteiger partial charge in [0.1, 0.15) is 6.10 Å². The first kappa shape index (κ1) is 16.8. The molecule has 0 aromatic carbocycles. The lowest BCUT2D eigenvalue weighted by Gasteiger charge is -2.44. The molecule has 7 N–H and O–H groups in total. The van der Waals surface area contributed by atoms with Crippen molar-refractivity contribution in [1.82, 2.24) is 5.32 Å². The Labute approximate surface area is 115 Å². The number of amides is 1. The average Bonchev–Trinajstić information content (AvgIpc) is 2.30. The van der Waals surface area contributed by atoms with Crippen LogP contribution in [0.1, 0.15) is 20.3 Å². The lowest BCUT2D eigenvalue weighted by Crippen LogP contribution is -2.68. The molecule has 1 aliphatic rings. The van der Waals surface area contributed by atoms with Crippen LogP contribution >= 0.6 is 0 Å². The summed E-state index contributed by atoms with van der Waals surface area (Å²) >= 11 is 0. The third kappa shape index (κ3) is 3.44. The summed E-state index contributed by atoms with van der Waals surface area (Å²) in [4.78, 5) is 22.1. The number of hydrogen-bond donors (Lipinski definition) is 6. The number of ether oxygens (including phenoxy) is 1. The molecule has 20 heavy (non-hydrogen) atoms. The fourth-order valence-corrected chi connectivity index (χ4v) is 2.15. The van der Waals surface area contributed by atoms with Gasteiger partial charge in [0.2, 0.25) is 5.91 Å². The summed E-state index contributed by atoms with van der Waals surface area (Å²) in [6.45, 7) is 2.54. The molecule has 116 valence electrons. The number of aliphatic hydroxyl groups excluding tert-OH is 2. The Hall–Kier alpha value is -1.26. The van der Waals surface area contributed by atoms with Crippen molar-refractivity contribution in [3.8, 4) is 0 Å². The van der Waals surface area contributed by atoms with E-state index in [2.05, 4.69) is 5.32 Å². The minimum Gasteiger partial charge on any atom is -0.477 e. The van der Waals surface area contributed by atoms with Crippen molar-refractivity contribution >= 4 is 11.9 Å². The van der Waals surface area contributed by atoms with E-state index in [1.807, 2.05) is 0 Å². The molecule has 1 aliphatic heterocycles. The lowest BCUT2D eigenvalue weighted by molar-refractivity contribution is -0.281. The molecule has 6 atom stereocenters. The van der Waals surface area contributed by atoms with Crippen molar-refractivity contribution in [2.45, 2.75) is 56.5 Å². The zero-order chi connectivity index (χ0) is 15.7. The number of nitrogens with one attached hydrogen (secondary N) is 1. The predicted octanol–water partition coefficient (Wildman–Crippen LogP) is -2.88. The number of aliphatic hydroxyl groups is 3. The molecule has 1 saturated heterocycles. The first-order valence-corrected chi connectivity index (χ1v) is 6.11. The minimum atomic E-state index is -2.62. The van der Waals surface area contributed by atoms with Gasteiger partial charge >= 0.3 is 5.97 Å². The van der Waals surface area contributed by atoms with Crippen LogP contribution in [0.5, 0.6) is 0 Å². The highest BCUT2D eigenvalue weighted by atomic mass is 16.7. The topological polar surface area (TPSA) is 162 Å². The van der Waals surface area contributed by atoms with Gasteiger partial charge in [-0.3, -0.25) is 4.79 Å². The Morgan fingerprint density at radius 3 is 2.45 bits per heavy atom. The Bertz CT molecular complexity index is 389. The molecule has 0 bridgehead atoms. The predicted molar refractivity (Wildman–Crippen MR) is 65.3 cm³/mol. The number of carboxylic acid groups (broad SMARTS) is 1. The van der Waals surface area contributed by atoms with E-state index in [4.69, 9.17) is 15.6 Å². The van der Waals surface area contributed by atoms with E-state index in [-0.39, 0.29) is 0 Å². The highest BCUT2D eigenvalue weighted by Gasteiger charge is 2.52. The van der Waals surface area contributed by atoms with Crippen LogP contribution in [0.25, 0.3) is 0 Å². The Morgan fingerprint density at radius 1 is 1.50 bits per heavy atom. The number of rotatable bonds is 4. The van der Waals surface area contributed by atoms with Crippen LogP contribution in [0.3, 0.4) is 0 Å². The van der Waals surface area contributed by atoms with Crippen molar-refractivity contribution in [3.05, 3.63) is 0 Å². The second kappa shape index (κ2) is 6.02. The molecule has 0 saturated carbocycles. The molecule has 9 heteroatoms. The zero-order valence-corrected chi connectivity index (χ0v) is 11.2. The smallest absolute Gasteiger partial charge is 0.364 e. The van der Waals surface area contributed by atoms with Crippen LogP contribution in [0.15, 0.2) is 0 Å². The molecular weight excluding hydrogens is 272 g/mol. The summed E-state index contributed by atoms with van der Waals surface area (Å²) in [5, 5.41) is 40.6. The van der Waals surface area contributed by atoms with E-state index >= 15 is 0 Å². The summed E-state index contributed by atoms with van der Waals surface area (Å²) < 4.78 is 5.04. The van der Waals surface area contributed by atoms with Gasteiger partial charge in [-0.25, -0.2) is 4.79 Å². The fraction of sp³-hybridized carbons (Fsp3) is 0.818. The van der Waals surface area contributed by atoms with E-state index in [0.717, 1.165) is 0 Å². The van der Waals surface area contributed by atoms with Crippen LogP contribution in [0, 0.1) is 0 Å². The third-order valence-corrected chi connectivity index (χ3v) is 3.22. The number of carboxylic acids is 1. The molecule has 1 rings (SSSR count). The molecule has 1 fully saturated rings. The number of nitrogens with two attached hydrogens (primary N) is 1. The average molecular weight is 292 g/mol. The highest BCUT2D eigenvalue weighted by molar-refractivity contribution is 5.75. The molecule has 0 unspecified atom stereocenters. The maximum atomic E-state index is 11.1. The van der Waals surface area contributed by atoms with Gasteiger partial charge in [-0.1, -0.05) is 0 Å². The van der Waals surface area contributed by atoms with Gasteiger partial charge in [0, 0.05) is 13.3 Å². The zero-order valence-electron chi connectivity index (χ0n) is 11.2. The van der Waals surface area contributed by atoms with Crippen LogP contribution in [0.2, 0.25) is 0 Å². The SMILES string of the molecule is CC(=O)N[C@@H]([C@@H]1O[C@](O)(C(=O)O)C[C@H](O)[C@H]1N)[C@@H](C)O. The number of aliphatic carboxylic acids is 1. The summed E-state index contributed by atoms with van der Waals surface area (Å²) in [5.74, 6) is -4.79. The summed E-state index contributed by atoms with van der Waals surface area (Å²) in [7, 11) is 0. The Balaban J connectivity index is 3.04. The molecule has 0 aliphatic carbocycles. The van der Waals surface area contributed by atoms with Crippen molar-refractivity contribution in [2.24, 2.45) is 5.73 Å². The molecule has 0 spiro atoms. The van der Waals surface area contributed by atoms with Crippen molar-refractivity contribution in [2.75, 3.05) is 0 Å². The van der Waals surface area contributed by atoms with E-state index in [1.54, 1.807) is 0 Å². The van der Waals surface area contributed by atoms with Crippen molar-refractivity contribution in [1.29, 1.82) is 0 Å². The van der Waals surface area contributed by atoms with E-state index in [0.29, 0.717) is 0 Å². The van der Waals surface area contributed by atoms with Crippen LogP contribution in [0.4, 0.5) is 0 Å². The maximum absolute atomic E-state index is 11.1. The highest BCUT2D eigenvalue weighted by Crippen LogP contribution is 2.29. The van der Waals surface area contributed by atoms with Crippen LogP contribution in [-0.2, 0) is 14.3 Å². The number of carbonyl (C=O) groups excluding carboxylic acids is 1. The lowest BCUT2D eigenvalue weighted by atomic mass is 9.88. The van der Waals surface area contributed by atoms with E-state index < -0.39 is 54.5 Å². The molecule has 0 aromatic heterocycles. The summed E-state index contributed by atoms with van der Waals surface area (Å²) in [5.41, 5.74) is 5.72. The van der Waals surface area contributed by atoms with Crippen LogP contribution < -0.4 is 11.1 Å². The first-order valence-electron chi connectivity index (χ1n) is 6.11. The number of hydrogen-bond acceptors (Lipinski definition) is 7. The molecule has 9 nitrogen and oxygen atoms in total. The van der Waals surface area contributed by atoms with Crippen molar-refractivity contribution < 1.29 is 34.8 Å². The molecular formula is C11H20N2O7. The maximum Gasteiger partial charge on any atom is 0.364 e. The first-order chi connectivity index (χ1) is 9.08. The second-order valence-electron chi connectivity index (χ2n) is 4.99. The van der Waals surface area contributed by atoms with E-state index in [9.17, 15) is 24.9 Å². The van der Waals surface area contributed by atoms with Gasteiger partial charge in [-0.15, -0.1) is 0 Å². The van der Waals surface area contributed by atoms with Crippen molar-refractivity contribution in [3.63, 3.8) is 0 Å². The molecule has 0 radical (unpaired) electrons. The fourth-order valence-electron chi connectivity index (χ4n) is 2.15. The summed E-state index contributed by atoms with van der Waals surface area (Å²) in [6.07, 6.45) is -4.35. The standard InChI is InChI=1S/C11H20N2O7/c1-4(14)8(13-5(2)15)9-7(12)6(16)3-11(19,20-9)10(17)18/h4,6-9,14,16,19H,3,12H2,1-2H3,(H,13,15)(H,17,18)/t4-,6+,7-,8-,9-,11+/m1/s1.